The molecule has 2 aromatic heterocycles. The highest BCUT2D eigenvalue weighted by Crippen LogP contribution is 2.18. The lowest BCUT2D eigenvalue weighted by Crippen LogP contribution is -2.38. The Bertz CT molecular complexity index is 657. The van der Waals surface area contributed by atoms with Crippen molar-refractivity contribution in [1.29, 1.82) is 0 Å². The van der Waals surface area contributed by atoms with E-state index in [2.05, 4.69) is 15.2 Å². The number of thioether (sulfide) groups is 1. The summed E-state index contributed by atoms with van der Waals surface area (Å²) in [6.45, 7) is 1.89. The Labute approximate surface area is 145 Å². The predicted molar refractivity (Wildman–Crippen MR) is 90.4 cm³/mol. The van der Waals surface area contributed by atoms with Crippen LogP contribution in [0.25, 0.3) is 0 Å². The summed E-state index contributed by atoms with van der Waals surface area (Å²) in [5.74, 6) is 0.385. The summed E-state index contributed by atoms with van der Waals surface area (Å²) in [7, 11) is 1.87. The van der Waals surface area contributed by atoms with Crippen LogP contribution >= 0.6 is 11.8 Å². The SMILES string of the molecule is Cn1cnnc1SCC(=O)N(Cc1ccccn1)CC1CCCO1. The van der Waals surface area contributed by atoms with Gasteiger partial charge in [-0.1, -0.05) is 17.8 Å². The average molecular weight is 347 g/mol. The quantitative estimate of drug-likeness (QED) is 0.707. The number of hydrogen-bond donors (Lipinski definition) is 0. The number of carbonyl (C=O) groups excluding carboxylic acids is 1. The molecular weight excluding hydrogens is 326 g/mol. The molecule has 0 bridgehead atoms. The summed E-state index contributed by atoms with van der Waals surface area (Å²) in [6, 6.07) is 5.75. The molecule has 2 aromatic rings. The van der Waals surface area contributed by atoms with E-state index < -0.39 is 0 Å². The zero-order valence-electron chi connectivity index (χ0n) is 13.7. The van der Waals surface area contributed by atoms with Crippen LogP contribution in [-0.4, -0.2) is 55.6 Å². The molecule has 8 heteroatoms. The highest BCUT2D eigenvalue weighted by molar-refractivity contribution is 7.99. The highest BCUT2D eigenvalue weighted by Gasteiger charge is 2.23. The summed E-state index contributed by atoms with van der Waals surface area (Å²) in [5, 5.41) is 8.57. The molecule has 1 amide bonds. The number of carbonyl (C=O) groups is 1. The van der Waals surface area contributed by atoms with Crippen LogP contribution in [0.15, 0.2) is 35.9 Å². The van der Waals surface area contributed by atoms with E-state index in [1.165, 1.54) is 11.8 Å². The van der Waals surface area contributed by atoms with Crippen LogP contribution in [0.1, 0.15) is 18.5 Å². The van der Waals surface area contributed by atoms with Gasteiger partial charge in [0.15, 0.2) is 5.16 Å². The fourth-order valence-corrected chi connectivity index (χ4v) is 3.39. The molecule has 0 spiro atoms. The molecule has 3 rings (SSSR count). The molecule has 1 aliphatic heterocycles. The zero-order valence-corrected chi connectivity index (χ0v) is 14.5. The van der Waals surface area contributed by atoms with Gasteiger partial charge in [-0.3, -0.25) is 9.78 Å². The molecule has 24 heavy (non-hydrogen) atoms. The van der Waals surface area contributed by atoms with Gasteiger partial charge in [-0.25, -0.2) is 0 Å². The molecule has 0 aromatic carbocycles. The monoisotopic (exact) mass is 347 g/mol. The molecule has 1 aliphatic rings. The molecule has 0 aliphatic carbocycles. The first kappa shape index (κ1) is 16.9. The molecule has 3 heterocycles. The van der Waals surface area contributed by atoms with Crippen LogP contribution in [0, 0.1) is 0 Å². The Morgan fingerprint density at radius 1 is 1.50 bits per heavy atom. The fraction of sp³-hybridized carbons (Fsp3) is 0.500. The van der Waals surface area contributed by atoms with Gasteiger partial charge in [-0.15, -0.1) is 10.2 Å². The van der Waals surface area contributed by atoms with E-state index in [1.807, 2.05) is 30.1 Å². The second-order valence-electron chi connectivity index (χ2n) is 5.74. The van der Waals surface area contributed by atoms with Crippen molar-refractivity contribution in [2.75, 3.05) is 18.9 Å². The minimum atomic E-state index is 0.0594. The maximum atomic E-state index is 12.7. The molecular formula is C16H21N5O2S. The van der Waals surface area contributed by atoms with Crippen molar-refractivity contribution in [2.24, 2.45) is 7.05 Å². The lowest BCUT2D eigenvalue weighted by atomic mass is 10.2. The van der Waals surface area contributed by atoms with Crippen LogP contribution in [0.3, 0.4) is 0 Å². The third-order valence-electron chi connectivity index (χ3n) is 3.87. The minimum Gasteiger partial charge on any atom is -0.376 e. The Hall–Kier alpha value is -1.93. The molecule has 0 radical (unpaired) electrons. The van der Waals surface area contributed by atoms with Gasteiger partial charge in [0.2, 0.25) is 5.91 Å². The summed E-state index contributed by atoms with van der Waals surface area (Å²) in [5.41, 5.74) is 0.882. The maximum absolute atomic E-state index is 12.7. The van der Waals surface area contributed by atoms with Gasteiger partial charge in [0.25, 0.3) is 0 Å². The van der Waals surface area contributed by atoms with E-state index in [0.717, 1.165) is 30.3 Å². The molecule has 1 fully saturated rings. The molecule has 1 saturated heterocycles. The molecule has 1 unspecified atom stereocenters. The first-order valence-electron chi connectivity index (χ1n) is 7.98. The standard InChI is InChI=1S/C16H21N5O2S/c1-20-12-18-19-16(20)24-11-15(22)21(10-14-6-4-8-23-14)9-13-5-2-3-7-17-13/h2-3,5,7,12,14H,4,6,8-11H2,1H3. The number of aromatic nitrogens is 4. The van der Waals surface area contributed by atoms with E-state index in [9.17, 15) is 4.79 Å². The number of rotatable bonds is 7. The van der Waals surface area contributed by atoms with Gasteiger partial charge in [-0.2, -0.15) is 0 Å². The van der Waals surface area contributed by atoms with Crippen LogP contribution in [0.4, 0.5) is 0 Å². The number of pyridine rings is 1. The van der Waals surface area contributed by atoms with Crippen molar-refractivity contribution in [1.82, 2.24) is 24.6 Å². The molecule has 1 atom stereocenters. The second kappa shape index (κ2) is 8.25. The van der Waals surface area contributed by atoms with E-state index in [1.54, 1.807) is 17.1 Å². The van der Waals surface area contributed by atoms with Crippen molar-refractivity contribution in [2.45, 2.75) is 30.6 Å². The number of amides is 1. The number of hydrogen-bond acceptors (Lipinski definition) is 6. The topological polar surface area (TPSA) is 73.1 Å². The lowest BCUT2D eigenvalue weighted by Gasteiger charge is -2.25. The van der Waals surface area contributed by atoms with Crippen molar-refractivity contribution in [3.05, 3.63) is 36.4 Å². The smallest absolute Gasteiger partial charge is 0.233 e. The second-order valence-corrected chi connectivity index (χ2v) is 6.69. The molecule has 128 valence electrons. The average Bonchev–Trinajstić information content (AvgIpc) is 3.25. The summed E-state index contributed by atoms with van der Waals surface area (Å²) in [4.78, 5) is 18.9. The largest absolute Gasteiger partial charge is 0.376 e. The Kier molecular flexibility index (Phi) is 5.81. The molecule has 0 saturated carbocycles. The highest BCUT2D eigenvalue weighted by atomic mass is 32.2. The summed E-state index contributed by atoms with van der Waals surface area (Å²) < 4.78 is 7.50. The first-order valence-corrected chi connectivity index (χ1v) is 8.97. The Morgan fingerprint density at radius 2 is 2.42 bits per heavy atom. The minimum absolute atomic E-state index is 0.0594. The van der Waals surface area contributed by atoms with Crippen molar-refractivity contribution < 1.29 is 9.53 Å². The van der Waals surface area contributed by atoms with Gasteiger partial charge in [0, 0.05) is 26.4 Å². The first-order chi connectivity index (χ1) is 11.7. The van der Waals surface area contributed by atoms with Crippen molar-refractivity contribution in [3.8, 4) is 0 Å². The Balaban J connectivity index is 1.63. The number of aryl methyl sites for hydroxylation is 1. The third kappa shape index (κ3) is 4.55. The van der Waals surface area contributed by atoms with Crippen molar-refractivity contribution in [3.63, 3.8) is 0 Å². The normalized spacial score (nSPS) is 17.1. The van der Waals surface area contributed by atoms with Gasteiger partial charge in [0.05, 0.1) is 24.1 Å². The molecule has 0 N–H and O–H groups in total. The van der Waals surface area contributed by atoms with Gasteiger partial charge < -0.3 is 14.2 Å². The van der Waals surface area contributed by atoms with E-state index >= 15 is 0 Å². The number of ether oxygens (including phenoxy) is 1. The number of nitrogens with zero attached hydrogens (tertiary/aromatic N) is 5. The van der Waals surface area contributed by atoms with Crippen LogP contribution < -0.4 is 0 Å². The fourth-order valence-electron chi connectivity index (χ4n) is 2.60. The maximum Gasteiger partial charge on any atom is 0.233 e. The van der Waals surface area contributed by atoms with Gasteiger partial charge in [0.1, 0.15) is 6.33 Å². The van der Waals surface area contributed by atoms with Crippen LogP contribution in [-0.2, 0) is 23.1 Å². The van der Waals surface area contributed by atoms with Crippen molar-refractivity contribution >= 4 is 17.7 Å². The van der Waals surface area contributed by atoms with Gasteiger partial charge >= 0.3 is 0 Å². The van der Waals surface area contributed by atoms with Crippen LogP contribution in [0.5, 0.6) is 0 Å². The van der Waals surface area contributed by atoms with Crippen LogP contribution in [0.2, 0.25) is 0 Å². The lowest BCUT2D eigenvalue weighted by molar-refractivity contribution is -0.130. The van der Waals surface area contributed by atoms with E-state index in [-0.39, 0.29) is 12.0 Å². The summed E-state index contributed by atoms with van der Waals surface area (Å²) >= 11 is 1.40. The van der Waals surface area contributed by atoms with E-state index in [4.69, 9.17) is 4.74 Å². The summed E-state index contributed by atoms with van der Waals surface area (Å²) in [6.07, 6.45) is 5.56. The van der Waals surface area contributed by atoms with E-state index in [0.29, 0.717) is 18.8 Å². The zero-order chi connectivity index (χ0) is 16.8. The van der Waals surface area contributed by atoms with Gasteiger partial charge in [-0.05, 0) is 25.0 Å². The third-order valence-corrected chi connectivity index (χ3v) is 4.89. The Morgan fingerprint density at radius 3 is 3.08 bits per heavy atom. The molecule has 7 nitrogen and oxygen atoms in total. The predicted octanol–water partition coefficient (Wildman–Crippen LogP) is 1.51.